The van der Waals surface area contributed by atoms with Crippen molar-refractivity contribution in [1.82, 2.24) is 4.31 Å². The van der Waals surface area contributed by atoms with Crippen LogP contribution in [-0.4, -0.2) is 38.2 Å². The lowest BCUT2D eigenvalue weighted by Gasteiger charge is -2.26. The van der Waals surface area contributed by atoms with Crippen LogP contribution in [-0.2, 0) is 32.7 Å². The average molecular weight is 672 g/mol. The summed E-state index contributed by atoms with van der Waals surface area (Å²) in [5.74, 6) is -3.61. The number of anilines is 1. The number of nitrogens with zero attached hydrogens (tertiary/aromatic N) is 3. The summed E-state index contributed by atoms with van der Waals surface area (Å²) in [6.07, 6.45) is 5.92. The van der Waals surface area contributed by atoms with E-state index in [9.17, 15) is 26.8 Å². The first-order chi connectivity index (χ1) is 23.1. The van der Waals surface area contributed by atoms with Crippen molar-refractivity contribution in [3.05, 3.63) is 130 Å². The minimum absolute atomic E-state index is 0.0948. The smallest absolute Gasteiger partial charge is 0.338 e. The highest BCUT2D eigenvalue weighted by atomic mass is 32.2. The molecule has 0 heterocycles. The van der Waals surface area contributed by atoms with Gasteiger partial charge >= 0.3 is 5.97 Å². The number of hydrogen-bond donors (Lipinski definition) is 0. The fourth-order valence-corrected chi connectivity index (χ4v) is 6.92. The van der Waals surface area contributed by atoms with Crippen molar-refractivity contribution in [2.45, 2.75) is 56.1 Å². The molecule has 0 atom stereocenters. The van der Waals surface area contributed by atoms with Crippen LogP contribution in [0, 0.1) is 23.0 Å². The van der Waals surface area contributed by atoms with Gasteiger partial charge in [0.15, 0.2) is 11.6 Å². The van der Waals surface area contributed by atoms with Crippen LogP contribution in [0.2, 0.25) is 0 Å². The van der Waals surface area contributed by atoms with Crippen molar-refractivity contribution < 1.29 is 31.5 Å². The molecule has 5 rings (SSSR count). The molecule has 11 heteroatoms. The highest BCUT2D eigenvalue weighted by molar-refractivity contribution is 7.89. The first-order valence-corrected chi connectivity index (χ1v) is 17.1. The molecule has 248 valence electrons. The summed E-state index contributed by atoms with van der Waals surface area (Å²) >= 11 is 0. The molecule has 4 aromatic rings. The fraction of sp³-hybridized carbons (Fsp3) is 0.270. The number of carbonyl (C=O) groups is 2. The first kappa shape index (κ1) is 34.4. The van der Waals surface area contributed by atoms with Gasteiger partial charge in [-0.3, -0.25) is 4.79 Å². The number of ether oxygens (including phenoxy) is 1. The van der Waals surface area contributed by atoms with Gasteiger partial charge in [-0.2, -0.15) is 9.57 Å². The van der Waals surface area contributed by atoms with Crippen LogP contribution in [0.15, 0.2) is 95.9 Å². The van der Waals surface area contributed by atoms with Gasteiger partial charge in [0.25, 0.3) is 0 Å². The van der Waals surface area contributed by atoms with Crippen LogP contribution in [0.4, 0.5) is 14.5 Å². The van der Waals surface area contributed by atoms with Crippen LogP contribution in [0.25, 0.3) is 0 Å². The zero-order chi connectivity index (χ0) is 34.3. The number of rotatable bonds is 11. The van der Waals surface area contributed by atoms with E-state index in [-0.39, 0.29) is 18.7 Å². The van der Waals surface area contributed by atoms with Crippen LogP contribution < -0.4 is 4.90 Å². The number of likely N-dealkylation sites (N-methyl/N-ethyl adjacent to an activating group) is 1. The van der Waals surface area contributed by atoms with E-state index in [1.807, 2.05) is 42.5 Å². The zero-order valence-electron chi connectivity index (χ0n) is 26.4. The molecule has 0 N–H and O–H groups in total. The molecule has 1 fully saturated rings. The summed E-state index contributed by atoms with van der Waals surface area (Å²) in [6.45, 7) is -0.457. The highest BCUT2D eigenvalue weighted by Gasteiger charge is 2.28. The van der Waals surface area contributed by atoms with Gasteiger partial charge in [0.05, 0.1) is 29.1 Å². The number of hydrogen-bond acceptors (Lipinski definition) is 6. The lowest BCUT2D eigenvalue weighted by molar-refractivity contribution is -0.118. The maximum atomic E-state index is 14.1. The highest BCUT2D eigenvalue weighted by Crippen LogP contribution is 2.33. The SMILES string of the molecule is CN(CC(=O)N(Cc1ccc(C2CCCCC2)cc1)c1ccc(C(=O)OCc2ccccc2)cc1)S(=O)(=O)c1cc(F)c(F)c(C#N)c1. The quantitative estimate of drug-likeness (QED) is 0.158. The van der Waals surface area contributed by atoms with Gasteiger partial charge in [0, 0.05) is 12.7 Å². The zero-order valence-corrected chi connectivity index (χ0v) is 27.3. The summed E-state index contributed by atoms with van der Waals surface area (Å²) in [5.41, 5.74) is 2.78. The largest absolute Gasteiger partial charge is 0.457 e. The Morgan fingerprint density at radius 1 is 0.896 bits per heavy atom. The van der Waals surface area contributed by atoms with Crippen molar-refractivity contribution in [3.63, 3.8) is 0 Å². The number of halogens is 2. The summed E-state index contributed by atoms with van der Waals surface area (Å²) < 4.78 is 60.8. The van der Waals surface area contributed by atoms with E-state index in [4.69, 9.17) is 10.00 Å². The number of sulfonamides is 1. The van der Waals surface area contributed by atoms with E-state index in [2.05, 4.69) is 12.1 Å². The number of amides is 1. The standard InChI is InChI=1S/C37H35F2N3O5S/c1-41(48(45,46)33-20-31(22-40)36(39)34(38)21-33)24-35(43)42(23-26-12-14-29(15-13-26)28-10-6-3-7-11-28)32-18-16-30(17-19-32)37(44)47-25-27-8-4-2-5-9-27/h2,4-5,8-9,12-21,28H,3,6-7,10-11,23-25H2,1H3. The molecule has 1 saturated carbocycles. The molecule has 4 aromatic carbocycles. The summed E-state index contributed by atoms with van der Waals surface area (Å²) in [5, 5.41) is 9.13. The van der Waals surface area contributed by atoms with Crippen LogP contribution in [0.3, 0.4) is 0 Å². The predicted molar refractivity (Wildman–Crippen MR) is 176 cm³/mol. The second-order valence-corrected chi connectivity index (χ2v) is 13.8. The van der Waals surface area contributed by atoms with Gasteiger partial charge < -0.3 is 9.64 Å². The second kappa shape index (κ2) is 15.3. The molecule has 0 radical (unpaired) electrons. The molecule has 0 aliphatic heterocycles. The van der Waals surface area contributed by atoms with E-state index in [0.29, 0.717) is 17.7 Å². The Labute approximate surface area is 279 Å². The topological polar surface area (TPSA) is 108 Å². The van der Waals surface area contributed by atoms with Gasteiger partial charge in [-0.15, -0.1) is 0 Å². The molecule has 1 amide bonds. The Kier molecular flexibility index (Phi) is 11.0. The summed E-state index contributed by atoms with van der Waals surface area (Å²) in [7, 11) is -3.35. The molecule has 48 heavy (non-hydrogen) atoms. The number of nitriles is 1. The van der Waals surface area contributed by atoms with E-state index >= 15 is 0 Å². The first-order valence-electron chi connectivity index (χ1n) is 15.6. The summed E-state index contributed by atoms with van der Waals surface area (Å²) in [6, 6.07) is 26.1. The fourth-order valence-electron chi connectivity index (χ4n) is 5.76. The van der Waals surface area contributed by atoms with Crippen molar-refractivity contribution in [1.29, 1.82) is 5.26 Å². The molecular formula is C37H35F2N3O5S. The van der Waals surface area contributed by atoms with Gasteiger partial charge in [0.2, 0.25) is 15.9 Å². The minimum Gasteiger partial charge on any atom is -0.457 e. The second-order valence-electron chi connectivity index (χ2n) is 11.8. The maximum absolute atomic E-state index is 14.1. The van der Waals surface area contributed by atoms with Crippen LogP contribution >= 0.6 is 0 Å². The van der Waals surface area contributed by atoms with Crippen molar-refractivity contribution >= 4 is 27.6 Å². The van der Waals surface area contributed by atoms with Crippen LogP contribution in [0.1, 0.15) is 70.6 Å². The van der Waals surface area contributed by atoms with E-state index in [0.717, 1.165) is 41.4 Å². The van der Waals surface area contributed by atoms with Gasteiger partial charge in [0.1, 0.15) is 12.7 Å². The Hall–Kier alpha value is -4.92. The molecule has 8 nitrogen and oxygen atoms in total. The Morgan fingerprint density at radius 3 is 2.21 bits per heavy atom. The molecule has 0 spiro atoms. The lowest BCUT2D eigenvalue weighted by atomic mass is 9.84. The van der Waals surface area contributed by atoms with E-state index in [1.165, 1.54) is 47.9 Å². The molecule has 1 aliphatic carbocycles. The molecule has 0 bridgehead atoms. The molecule has 0 aromatic heterocycles. The Bertz CT molecular complexity index is 1910. The maximum Gasteiger partial charge on any atom is 0.338 e. The third kappa shape index (κ3) is 8.13. The van der Waals surface area contributed by atoms with Gasteiger partial charge in [-0.05, 0) is 71.8 Å². The van der Waals surface area contributed by atoms with Crippen molar-refractivity contribution in [2.24, 2.45) is 0 Å². The normalized spacial score (nSPS) is 13.6. The average Bonchev–Trinajstić information content (AvgIpc) is 3.11. The number of benzene rings is 4. The lowest BCUT2D eigenvalue weighted by Crippen LogP contribution is -2.41. The van der Waals surface area contributed by atoms with Gasteiger partial charge in [-0.25, -0.2) is 22.0 Å². The third-order valence-corrected chi connectivity index (χ3v) is 10.3. The summed E-state index contributed by atoms with van der Waals surface area (Å²) in [4.78, 5) is 27.3. The number of esters is 1. The Balaban J connectivity index is 1.37. The van der Waals surface area contributed by atoms with Crippen LogP contribution in [0.5, 0.6) is 0 Å². The minimum atomic E-state index is -4.49. The molecule has 0 unspecified atom stereocenters. The predicted octanol–water partition coefficient (Wildman–Crippen LogP) is 7.10. The van der Waals surface area contributed by atoms with E-state index in [1.54, 1.807) is 12.1 Å². The molecular weight excluding hydrogens is 636 g/mol. The van der Waals surface area contributed by atoms with Crippen molar-refractivity contribution in [2.75, 3.05) is 18.5 Å². The van der Waals surface area contributed by atoms with E-state index < -0.39 is 50.5 Å². The molecule has 0 saturated heterocycles. The van der Waals surface area contributed by atoms with Gasteiger partial charge in [-0.1, -0.05) is 73.9 Å². The molecule has 1 aliphatic rings. The Morgan fingerprint density at radius 2 is 1.56 bits per heavy atom. The number of carbonyl (C=O) groups excluding carboxylic acids is 2. The van der Waals surface area contributed by atoms with Crippen molar-refractivity contribution in [3.8, 4) is 6.07 Å². The third-order valence-electron chi connectivity index (χ3n) is 8.51. The monoisotopic (exact) mass is 671 g/mol.